The van der Waals surface area contributed by atoms with Gasteiger partial charge in [0.15, 0.2) is 0 Å². The van der Waals surface area contributed by atoms with Crippen molar-refractivity contribution in [3.05, 3.63) is 0 Å². The molecule has 0 aromatic heterocycles. The highest BCUT2D eigenvalue weighted by Gasteiger charge is 2.26. The van der Waals surface area contributed by atoms with Gasteiger partial charge in [0.2, 0.25) is 0 Å². The fraction of sp³-hybridized carbons (Fsp3) is 0.889. The Bertz CT molecular complexity index is 347. The van der Waals surface area contributed by atoms with E-state index in [0.29, 0.717) is 19.6 Å². The van der Waals surface area contributed by atoms with Gasteiger partial charge in [-0.25, -0.2) is 0 Å². The lowest BCUT2D eigenvalue weighted by Crippen LogP contribution is -2.27. The van der Waals surface area contributed by atoms with Crippen molar-refractivity contribution >= 4 is 11.9 Å². The molecule has 0 N–H and O–H groups in total. The molecule has 0 heterocycles. The van der Waals surface area contributed by atoms with E-state index in [-0.39, 0.29) is 29.2 Å². The van der Waals surface area contributed by atoms with Crippen LogP contribution in [0.25, 0.3) is 0 Å². The van der Waals surface area contributed by atoms with Crippen molar-refractivity contribution in [1.29, 1.82) is 0 Å². The van der Waals surface area contributed by atoms with Gasteiger partial charge in [0, 0.05) is 0 Å². The van der Waals surface area contributed by atoms with Crippen LogP contribution < -0.4 is 0 Å². The molecule has 0 saturated carbocycles. The predicted octanol–water partition coefficient (Wildman–Crippen LogP) is 4.36. The average molecular weight is 314 g/mol. The van der Waals surface area contributed by atoms with E-state index in [1.54, 1.807) is 0 Å². The largest absolute Gasteiger partial charge is 0.465 e. The molecule has 0 aromatic rings. The first-order chi connectivity index (χ1) is 9.94. The van der Waals surface area contributed by atoms with Crippen LogP contribution in [-0.4, -0.2) is 25.2 Å². The molecular weight excluding hydrogens is 280 g/mol. The highest BCUT2D eigenvalue weighted by atomic mass is 16.5. The van der Waals surface area contributed by atoms with Gasteiger partial charge in [-0.05, 0) is 17.3 Å². The maximum Gasteiger partial charge on any atom is 0.309 e. The predicted molar refractivity (Wildman–Crippen MR) is 88.5 cm³/mol. The first-order valence-corrected chi connectivity index (χ1v) is 8.27. The maximum atomic E-state index is 12.2. The van der Waals surface area contributed by atoms with E-state index in [2.05, 4.69) is 6.92 Å². The molecule has 0 radical (unpaired) electrons. The van der Waals surface area contributed by atoms with Crippen LogP contribution in [0.5, 0.6) is 0 Å². The van der Waals surface area contributed by atoms with Crippen molar-refractivity contribution in [3.8, 4) is 0 Å². The molecule has 0 aliphatic carbocycles. The Hall–Kier alpha value is -1.06. The maximum absolute atomic E-state index is 12.2. The lowest BCUT2D eigenvalue weighted by atomic mass is 9.96. The molecule has 0 rings (SSSR count). The topological polar surface area (TPSA) is 52.6 Å². The number of unbranched alkanes of at least 4 members (excludes halogenated alkanes) is 1. The summed E-state index contributed by atoms with van der Waals surface area (Å²) in [5.74, 6) is -0.991. The summed E-state index contributed by atoms with van der Waals surface area (Å²) in [4.78, 5) is 24.1. The molecule has 0 fully saturated rings. The van der Waals surface area contributed by atoms with E-state index < -0.39 is 5.92 Å². The first kappa shape index (κ1) is 20.9. The van der Waals surface area contributed by atoms with Gasteiger partial charge in [-0.2, -0.15) is 0 Å². The van der Waals surface area contributed by atoms with Crippen LogP contribution in [0.15, 0.2) is 0 Å². The fourth-order valence-corrected chi connectivity index (χ4v) is 1.72. The number of ether oxygens (including phenoxy) is 2. The second-order valence-electron chi connectivity index (χ2n) is 8.43. The van der Waals surface area contributed by atoms with Crippen molar-refractivity contribution in [2.75, 3.05) is 13.2 Å². The fourth-order valence-electron chi connectivity index (χ4n) is 1.72. The average Bonchev–Trinajstić information content (AvgIpc) is 2.36. The number of esters is 2. The summed E-state index contributed by atoms with van der Waals surface area (Å²) in [5.41, 5.74) is -0.140. The second-order valence-corrected chi connectivity index (χ2v) is 8.43. The van der Waals surface area contributed by atoms with Gasteiger partial charge in [0.05, 0.1) is 25.6 Å². The van der Waals surface area contributed by atoms with Gasteiger partial charge < -0.3 is 9.47 Å². The number of rotatable bonds is 8. The smallest absolute Gasteiger partial charge is 0.309 e. The van der Waals surface area contributed by atoms with Crippen molar-refractivity contribution in [2.45, 2.75) is 74.1 Å². The molecule has 0 bridgehead atoms. The normalized spacial score (nSPS) is 13.6. The zero-order chi connectivity index (χ0) is 17.4. The van der Waals surface area contributed by atoms with Crippen LogP contribution in [-0.2, 0) is 19.1 Å². The highest BCUT2D eigenvalue weighted by molar-refractivity contribution is 5.80. The minimum absolute atomic E-state index is 0.0681. The van der Waals surface area contributed by atoms with Crippen molar-refractivity contribution in [2.24, 2.45) is 16.7 Å². The number of carbonyl (C=O) groups excluding carboxylic acids is 2. The molecule has 4 heteroatoms. The van der Waals surface area contributed by atoms with Crippen LogP contribution in [0.3, 0.4) is 0 Å². The van der Waals surface area contributed by atoms with E-state index in [1.165, 1.54) is 0 Å². The quantitative estimate of drug-likeness (QED) is 0.625. The van der Waals surface area contributed by atoms with Crippen LogP contribution >= 0.6 is 0 Å². The van der Waals surface area contributed by atoms with Gasteiger partial charge in [-0.1, -0.05) is 61.3 Å². The molecule has 1 atom stereocenters. The third-order valence-corrected chi connectivity index (χ3v) is 2.97. The number of hydrogen-bond donors (Lipinski definition) is 0. The van der Waals surface area contributed by atoms with E-state index in [9.17, 15) is 9.59 Å². The van der Waals surface area contributed by atoms with Gasteiger partial charge in [-0.15, -0.1) is 0 Å². The summed E-state index contributed by atoms with van der Waals surface area (Å²) in [6.45, 7) is 14.9. The Morgan fingerprint density at radius 2 is 1.41 bits per heavy atom. The molecule has 0 aromatic carbocycles. The van der Waals surface area contributed by atoms with Crippen molar-refractivity contribution in [1.82, 2.24) is 0 Å². The van der Waals surface area contributed by atoms with Gasteiger partial charge >= 0.3 is 11.9 Å². The molecule has 0 spiro atoms. The summed E-state index contributed by atoms with van der Waals surface area (Å²) in [7, 11) is 0. The van der Waals surface area contributed by atoms with E-state index in [4.69, 9.17) is 9.47 Å². The molecule has 4 nitrogen and oxygen atoms in total. The molecule has 0 amide bonds. The number of hydrogen-bond acceptors (Lipinski definition) is 4. The van der Waals surface area contributed by atoms with Crippen LogP contribution in [0.4, 0.5) is 0 Å². The Morgan fingerprint density at radius 3 is 1.86 bits per heavy atom. The second kappa shape index (κ2) is 9.16. The highest BCUT2D eigenvalue weighted by Crippen LogP contribution is 2.20. The van der Waals surface area contributed by atoms with Crippen molar-refractivity contribution < 1.29 is 19.1 Å². The minimum Gasteiger partial charge on any atom is -0.465 e. The molecule has 0 aliphatic heterocycles. The molecular formula is C18H34O4. The monoisotopic (exact) mass is 314 g/mol. The zero-order valence-electron chi connectivity index (χ0n) is 15.5. The third kappa shape index (κ3) is 11.6. The summed E-state index contributed by atoms with van der Waals surface area (Å²) >= 11 is 0. The molecule has 0 saturated heterocycles. The standard InChI is InChI=1S/C18H34O4/c1-8-9-10-14(16(20)22-13-18(5,6)7)11-15(19)21-12-17(2,3)4/h14H,8-13H2,1-7H3. The summed E-state index contributed by atoms with van der Waals surface area (Å²) < 4.78 is 10.6. The zero-order valence-corrected chi connectivity index (χ0v) is 15.5. The van der Waals surface area contributed by atoms with E-state index >= 15 is 0 Å². The SMILES string of the molecule is CCCCC(CC(=O)OCC(C)(C)C)C(=O)OCC(C)(C)C. The van der Waals surface area contributed by atoms with Crippen molar-refractivity contribution in [3.63, 3.8) is 0 Å². The van der Waals surface area contributed by atoms with Gasteiger partial charge in [-0.3, -0.25) is 9.59 Å². The molecule has 130 valence electrons. The lowest BCUT2D eigenvalue weighted by molar-refractivity contribution is -0.158. The molecule has 22 heavy (non-hydrogen) atoms. The van der Waals surface area contributed by atoms with Crippen LogP contribution in [0, 0.1) is 16.7 Å². The molecule has 0 aliphatic rings. The van der Waals surface area contributed by atoms with Crippen LogP contribution in [0.1, 0.15) is 74.1 Å². The number of carbonyl (C=O) groups is 2. The van der Waals surface area contributed by atoms with Gasteiger partial charge in [0.25, 0.3) is 0 Å². The van der Waals surface area contributed by atoms with Gasteiger partial charge in [0.1, 0.15) is 0 Å². The molecule has 1 unspecified atom stereocenters. The van der Waals surface area contributed by atoms with Crippen LogP contribution in [0.2, 0.25) is 0 Å². The van der Waals surface area contributed by atoms with E-state index in [1.807, 2.05) is 41.5 Å². The lowest BCUT2D eigenvalue weighted by Gasteiger charge is -2.22. The minimum atomic E-state index is -0.394. The summed E-state index contributed by atoms with van der Waals surface area (Å²) in [6, 6.07) is 0. The summed E-state index contributed by atoms with van der Waals surface area (Å²) in [6.07, 6.45) is 2.67. The Morgan fingerprint density at radius 1 is 0.909 bits per heavy atom. The summed E-state index contributed by atoms with van der Waals surface area (Å²) in [5, 5.41) is 0. The van der Waals surface area contributed by atoms with E-state index in [0.717, 1.165) is 12.8 Å². The Balaban J connectivity index is 4.49. The Labute approximate surface area is 135 Å². The Kier molecular flexibility index (Phi) is 8.72. The first-order valence-electron chi connectivity index (χ1n) is 8.27. The third-order valence-electron chi connectivity index (χ3n) is 2.97.